The number of thioether (sulfide) groups is 1. The van der Waals surface area contributed by atoms with Crippen molar-refractivity contribution in [1.29, 1.82) is 0 Å². The van der Waals surface area contributed by atoms with Crippen LogP contribution in [0, 0.1) is 30.9 Å². The second-order valence-corrected chi connectivity index (χ2v) is 11.7. The maximum Gasteiger partial charge on any atom is 0.293 e. The quantitative estimate of drug-likeness (QED) is 0.0923. The maximum absolute atomic E-state index is 13.1. The Kier molecular flexibility index (Phi) is 7.96. The fourth-order valence-corrected chi connectivity index (χ4v) is 6.16. The summed E-state index contributed by atoms with van der Waals surface area (Å²) in [6.07, 6.45) is 1.71. The van der Waals surface area contributed by atoms with Crippen LogP contribution in [-0.4, -0.2) is 37.9 Å². The summed E-state index contributed by atoms with van der Waals surface area (Å²) in [5.74, 6) is -0.764. The molecule has 4 aromatic rings. The fraction of sp³-hybridized carbons (Fsp3) is 0.129. The van der Waals surface area contributed by atoms with Crippen LogP contribution in [-0.2, 0) is 4.79 Å². The predicted octanol–water partition coefficient (Wildman–Crippen LogP) is 7.38. The minimum Gasteiger partial charge on any atom is -0.318 e. The second-order valence-electron chi connectivity index (χ2n) is 9.57. The smallest absolute Gasteiger partial charge is 0.293 e. The van der Waals surface area contributed by atoms with Gasteiger partial charge < -0.3 is 4.57 Å². The number of aromatic nitrogens is 1. The van der Waals surface area contributed by atoms with E-state index in [4.69, 9.17) is 0 Å². The SMILES string of the molecule is Cc1ccc(C(=O)CN2C(=O)S/C(=C\c3cc(C)n(-c4ccc(Sc5ccc([N+](=O)[O-])cc5)cc4)c3C)C2=O)cc1. The van der Waals surface area contributed by atoms with E-state index in [0.717, 1.165) is 54.7 Å². The molecular weight excluding hydrogens is 558 g/mol. The lowest BCUT2D eigenvalue weighted by Crippen LogP contribution is -2.33. The number of rotatable bonds is 8. The van der Waals surface area contributed by atoms with E-state index in [0.29, 0.717) is 5.56 Å². The summed E-state index contributed by atoms with van der Waals surface area (Å²) in [6, 6.07) is 23.4. The maximum atomic E-state index is 13.1. The number of benzene rings is 3. The lowest BCUT2D eigenvalue weighted by atomic mass is 10.1. The summed E-state index contributed by atoms with van der Waals surface area (Å²) >= 11 is 2.35. The number of carbonyl (C=O) groups is 3. The Bertz CT molecular complexity index is 1710. The van der Waals surface area contributed by atoms with Gasteiger partial charge in [0.2, 0.25) is 0 Å². The van der Waals surface area contributed by atoms with E-state index in [9.17, 15) is 24.5 Å². The van der Waals surface area contributed by atoms with Gasteiger partial charge in [0.25, 0.3) is 16.8 Å². The van der Waals surface area contributed by atoms with E-state index in [2.05, 4.69) is 4.57 Å². The Morgan fingerprint density at radius 3 is 2.15 bits per heavy atom. The van der Waals surface area contributed by atoms with Crippen molar-refractivity contribution in [1.82, 2.24) is 9.47 Å². The van der Waals surface area contributed by atoms with E-state index in [1.807, 2.05) is 63.2 Å². The zero-order valence-electron chi connectivity index (χ0n) is 22.5. The van der Waals surface area contributed by atoms with Crippen molar-refractivity contribution in [2.24, 2.45) is 0 Å². The van der Waals surface area contributed by atoms with Crippen molar-refractivity contribution < 1.29 is 19.3 Å². The molecule has 0 radical (unpaired) electrons. The highest BCUT2D eigenvalue weighted by Crippen LogP contribution is 2.35. The Morgan fingerprint density at radius 1 is 0.927 bits per heavy atom. The minimum absolute atomic E-state index is 0.0551. The van der Waals surface area contributed by atoms with Crippen LogP contribution in [0.15, 0.2) is 93.6 Å². The number of ketones is 1. The van der Waals surface area contributed by atoms with E-state index in [1.54, 1.807) is 30.3 Å². The molecule has 1 aliphatic heterocycles. The molecule has 10 heteroatoms. The summed E-state index contributed by atoms with van der Waals surface area (Å²) < 4.78 is 2.07. The van der Waals surface area contributed by atoms with E-state index < -0.39 is 16.1 Å². The summed E-state index contributed by atoms with van der Waals surface area (Å²) in [6.45, 7) is 5.54. The average Bonchev–Trinajstić information content (AvgIpc) is 3.38. The zero-order valence-corrected chi connectivity index (χ0v) is 24.1. The van der Waals surface area contributed by atoms with Gasteiger partial charge in [0.15, 0.2) is 5.78 Å². The van der Waals surface area contributed by atoms with Crippen molar-refractivity contribution in [3.8, 4) is 5.69 Å². The topological polar surface area (TPSA) is 103 Å². The van der Waals surface area contributed by atoms with Crippen molar-refractivity contribution in [2.45, 2.75) is 30.6 Å². The molecule has 3 aromatic carbocycles. The van der Waals surface area contributed by atoms with Crippen LogP contribution in [0.5, 0.6) is 0 Å². The van der Waals surface area contributed by atoms with Gasteiger partial charge in [-0.1, -0.05) is 41.6 Å². The predicted molar refractivity (Wildman–Crippen MR) is 161 cm³/mol. The third-order valence-electron chi connectivity index (χ3n) is 6.68. The number of nitro benzene ring substituents is 1. The number of nitrogens with zero attached hydrogens (tertiary/aromatic N) is 3. The van der Waals surface area contributed by atoms with Crippen LogP contribution in [0.25, 0.3) is 11.8 Å². The highest BCUT2D eigenvalue weighted by atomic mass is 32.2. The molecule has 1 saturated heterocycles. The van der Waals surface area contributed by atoms with Crippen LogP contribution in [0.1, 0.15) is 32.9 Å². The van der Waals surface area contributed by atoms with E-state index in [1.165, 1.54) is 23.9 Å². The molecule has 5 rings (SSSR count). The van der Waals surface area contributed by atoms with Gasteiger partial charge >= 0.3 is 0 Å². The molecule has 8 nitrogen and oxygen atoms in total. The highest BCUT2D eigenvalue weighted by molar-refractivity contribution is 8.18. The number of amides is 2. The van der Waals surface area contributed by atoms with E-state index in [-0.39, 0.29) is 22.9 Å². The van der Waals surface area contributed by atoms with Gasteiger partial charge in [0, 0.05) is 44.6 Å². The molecule has 0 unspecified atom stereocenters. The van der Waals surface area contributed by atoms with Crippen LogP contribution in [0.4, 0.5) is 10.5 Å². The molecule has 0 bridgehead atoms. The van der Waals surface area contributed by atoms with Crippen LogP contribution in [0.2, 0.25) is 0 Å². The molecule has 0 spiro atoms. The summed E-state index contributed by atoms with van der Waals surface area (Å²) in [5.41, 5.74) is 5.13. The lowest BCUT2D eigenvalue weighted by molar-refractivity contribution is -0.384. The van der Waals surface area contributed by atoms with Crippen molar-refractivity contribution in [3.05, 3.63) is 122 Å². The number of hydrogen-bond acceptors (Lipinski definition) is 7. The van der Waals surface area contributed by atoms with Crippen LogP contribution in [0.3, 0.4) is 0 Å². The monoisotopic (exact) mass is 583 g/mol. The number of aryl methyl sites for hydroxylation is 2. The van der Waals surface area contributed by atoms with Gasteiger partial charge in [-0.05, 0) is 86.6 Å². The first-order valence-electron chi connectivity index (χ1n) is 12.7. The minimum atomic E-state index is -0.474. The molecular formula is C31H25N3O5S2. The molecule has 0 atom stereocenters. The normalized spacial score (nSPS) is 14.2. The van der Waals surface area contributed by atoms with Crippen molar-refractivity contribution >= 4 is 52.2 Å². The molecule has 1 aliphatic rings. The number of imide groups is 1. The molecule has 2 heterocycles. The molecule has 206 valence electrons. The number of hydrogen-bond donors (Lipinski definition) is 0. The molecule has 0 aliphatic carbocycles. The van der Waals surface area contributed by atoms with Gasteiger partial charge in [-0.15, -0.1) is 0 Å². The van der Waals surface area contributed by atoms with Crippen molar-refractivity contribution in [2.75, 3.05) is 6.54 Å². The first kappa shape index (κ1) is 28.1. The third-order valence-corrected chi connectivity index (χ3v) is 8.61. The van der Waals surface area contributed by atoms with E-state index >= 15 is 0 Å². The zero-order chi connectivity index (χ0) is 29.3. The Morgan fingerprint density at radius 2 is 1.54 bits per heavy atom. The van der Waals surface area contributed by atoms with Gasteiger partial charge in [0.1, 0.15) is 0 Å². The number of nitro groups is 1. The first-order chi connectivity index (χ1) is 19.6. The number of non-ortho nitro benzene ring substituents is 1. The third kappa shape index (κ3) is 6.03. The molecule has 2 amide bonds. The van der Waals surface area contributed by atoms with Gasteiger partial charge in [-0.2, -0.15) is 0 Å². The van der Waals surface area contributed by atoms with Gasteiger partial charge in [-0.25, -0.2) is 0 Å². The summed E-state index contributed by atoms with van der Waals surface area (Å²) in [4.78, 5) is 52.0. The number of carbonyl (C=O) groups excluding carboxylic acids is 3. The molecule has 1 aromatic heterocycles. The number of Topliss-reactive ketones (excluding diaryl/α,β-unsaturated/α-hetero) is 1. The average molecular weight is 584 g/mol. The largest absolute Gasteiger partial charge is 0.318 e. The Hall–Kier alpha value is -4.41. The highest BCUT2D eigenvalue weighted by Gasteiger charge is 2.36. The summed E-state index contributed by atoms with van der Waals surface area (Å²) in [5, 5.41) is 10.4. The van der Waals surface area contributed by atoms with Crippen molar-refractivity contribution in [3.63, 3.8) is 0 Å². The summed E-state index contributed by atoms with van der Waals surface area (Å²) in [7, 11) is 0. The molecule has 0 saturated carbocycles. The standard InChI is InChI=1S/C31H25N3O5S2/c1-19-4-6-22(7-5-19)28(35)18-32-30(36)29(41-31(32)37)17-23-16-20(2)33(21(23)3)24-8-12-26(13-9-24)40-27-14-10-25(11-15-27)34(38)39/h4-17H,18H2,1-3H3/b29-17-. The first-order valence-corrected chi connectivity index (χ1v) is 14.3. The molecule has 41 heavy (non-hydrogen) atoms. The second kappa shape index (κ2) is 11.6. The van der Waals surface area contributed by atoms with Crippen LogP contribution < -0.4 is 0 Å². The van der Waals surface area contributed by atoms with Gasteiger partial charge in [-0.3, -0.25) is 29.4 Å². The Labute approximate surface area is 245 Å². The lowest BCUT2D eigenvalue weighted by Gasteiger charge is -2.11. The molecule has 1 fully saturated rings. The fourth-order valence-electron chi connectivity index (χ4n) is 4.52. The molecule has 0 N–H and O–H groups in total. The van der Waals surface area contributed by atoms with Crippen LogP contribution >= 0.6 is 23.5 Å². The van der Waals surface area contributed by atoms with Gasteiger partial charge in [0.05, 0.1) is 16.4 Å². The Balaban J connectivity index is 1.31.